The number of nitrogens with one attached hydrogen (secondary N) is 1. The summed E-state index contributed by atoms with van der Waals surface area (Å²) in [4.78, 5) is 28.0. The van der Waals surface area contributed by atoms with Gasteiger partial charge in [0.2, 0.25) is 11.8 Å². The standard InChI is InChI=1S/C17H26N2O2/c1-2-13-15(20)18-17(9-3-4-10-17)16(21)19(13)14(11-5-6-11)12-7-8-12/h11-14H,2-10H2,1H3,(H,18,20). The van der Waals surface area contributed by atoms with Crippen LogP contribution in [-0.2, 0) is 9.59 Å². The van der Waals surface area contributed by atoms with Crippen LogP contribution in [0.25, 0.3) is 0 Å². The number of carbonyl (C=O) groups is 2. The van der Waals surface area contributed by atoms with Gasteiger partial charge in [-0.3, -0.25) is 9.59 Å². The molecule has 0 radical (unpaired) electrons. The molecule has 3 saturated carbocycles. The Labute approximate surface area is 126 Å². The van der Waals surface area contributed by atoms with Crippen LogP contribution in [0.15, 0.2) is 0 Å². The molecule has 4 heteroatoms. The molecule has 4 fully saturated rings. The van der Waals surface area contributed by atoms with Crippen LogP contribution in [0.1, 0.15) is 64.7 Å². The monoisotopic (exact) mass is 290 g/mol. The Balaban J connectivity index is 1.69. The van der Waals surface area contributed by atoms with Crippen LogP contribution in [-0.4, -0.2) is 34.3 Å². The highest BCUT2D eigenvalue weighted by Crippen LogP contribution is 2.49. The smallest absolute Gasteiger partial charge is 0.249 e. The van der Waals surface area contributed by atoms with E-state index in [1.54, 1.807) is 0 Å². The van der Waals surface area contributed by atoms with Crippen LogP contribution in [0.4, 0.5) is 0 Å². The number of hydrogen-bond donors (Lipinski definition) is 1. The van der Waals surface area contributed by atoms with Crippen LogP contribution in [0.5, 0.6) is 0 Å². The van der Waals surface area contributed by atoms with Gasteiger partial charge in [-0.1, -0.05) is 19.8 Å². The molecule has 1 unspecified atom stereocenters. The molecule has 0 aromatic carbocycles. The lowest BCUT2D eigenvalue weighted by Crippen LogP contribution is -2.71. The van der Waals surface area contributed by atoms with Gasteiger partial charge in [-0.25, -0.2) is 0 Å². The maximum atomic E-state index is 13.3. The lowest BCUT2D eigenvalue weighted by Gasteiger charge is -2.48. The fourth-order valence-electron chi connectivity index (χ4n) is 4.64. The third-order valence-corrected chi connectivity index (χ3v) is 6.02. The summed E-state index contributed by atoms with van der Waals surface area (Å²) in [5.41, 5.74) is -0.551. The molecule has 1 aliphatic heterocycles. The van der Waals surface area contributed by atoms with E-state index in [-0.39, 0.29) is 17.9 Å². The van der Waals surface area contributed by atoms with E-state index >= 15 is 0 Å². The lowest BCUT2D eigenvalue weighted by molar-refractivity contribution is -0.159. The van der Waals surface area contributed by atoms with Gasteiger partial charge >= 0.3 is 0 Å². The fraction of sp³-hybridized carbons (Fsp3) is 0.882. The molecule has 1 spiro atoms. The summed E-state index contributed by atoms with van der Waals surface area (Å²) in [6.07, 6.45) is 9.53. The van der Waals surface area contributed by atoms with Gasteiger partial charge in [-0.2, -0.15) is 0 Å². The van der Waals surface area contributed by atoms with Gasteiger partial charge in [0.1, 0.15) is 11.6 Å². The van der Waals surface area contributed by atoms with Crippen molar-refractivity contribution >= 4 is 11.8 Å². The van der Waals surface area contributed by atoms with Crippen LogP contribution in [0.3, 0.4) is 0 Å². The Bertz CT molecular complexity index is 449. The molecule has 21 heavy (non-hydrogen) atoms. The predicted molar refractivity (Wildman–Crippen MR) is 79.5 cm³/mol. The summed E-state index contributed by atoms with van der Waals surface area (Å²) < 4.78 is 0. The van der Waals surface area contributed by atoms with Crippen molar-refractivity contribution in [3.8, 4) is 0 Å². The summed E-state index contributed by atoms with van der Waals surface area (Å²) in [7, 11) is 0. The zero-order chi connectivity index (χ0) is 14.6. The Morgan fingerprint density at radius 1 is 1.14 bits per heavy atom. The quantitative estimate of drug-likeness (QED) is 0.863. The van der Waals surface area contributed by atoms with Gasteiger partial charge in [0.05, 0.1) is 0 Å². The summed E-state index contributed by atoms with van der Waals surface area (Å²) in [6, 6.07) is 0.126. The van der Waals surface area contributed by atoms with Crippen LogP contribution < -0.4 is 5.32 Å². The molecule has 4 aliphatic rings. The van der Waals surface area contributed by atoms with Gasteiger partial charge in [0.15, 0.2) is 0 Å². The second-order valence-corrected chi connectivity index (χ2v) is 7.58. The molecule has 1 saturated heterocycles. The van der Waals surface area contributed by atoms with Gasteiger partial charge in [-0.05, 0) is 56.8 Å². The normalized spacial score (nSPS) is 32.1. The van der Waals surface area contributed by atoms with E-state index in [2.05, 4.69) is 10.2 Å². The minimum Gasteiger partial charge on any atom is -0.340 e. The third kappa shape index (κ3) is 2.09. The molecule has 0 bridgehead atoms. The number of hydrogen-bond acceptors (Lipinski definition) is 2. The van der Waals surface area contributed by atoms with Crippen LogP contribution in [0, 0.1) is 11.8 Å². The maximum Gasteiger partial charge on any atom is 0.249 e. The van der Waals surface area contributed by atoms with Crippen molar-refractivity contribution in [1.29, 1.82) is 0 Å². The SMILES string of the molecule is CCC1C(=O)NC2(CCCC2)C(=O)N1C(C1CC1)C1CC1. The first-order valence-corrected chi connectivity index (χ1v) is 8.81. The maximum absolute atomic E-state index is 13.3. The lowest BCUT2D eigenvalue weighted by atomic mass is 9.87. The van der Waals surface area contributed by atoms with Gasteiger partial charge in [-0.15, -0.1) is 0 Å². The molecule has 0 aromatic rings. The number of nitrogens with zero attached hydrogens (tertiary/aromatic N) is 1. The van der Waals surface area contributed by atoms with Gasteiger partial charge in [0, 0.05) is 6.04 Å². The van der Waals surface area contributed by atoms with E-state index in [0.717, 1.165) is 32.1 Å². The fourth-order valence-corrected chi connectivity index (χ4v) is 4.64. The second-order valence-electron chi connectivity index (χ2n) is 7.58. The molecule has 1 N–H and O–H groups in total. The second kappa shape index (κ2) is 4.72. The summed E-state index contributed by atoms with van der Waals surface area (Å²) in [6.45, 7) is 2.04. The van der Waals surface area contributed by atoms with Gasteiger partial charge < -0.3 is 10.2 Å². The Hall–Kier alpha value is -1.06. The molecule has 1 atom stereocenters. The average molecular weight is 290 g/mol. The number of amides is 2. The molecule has 3 aliphatic carbocycles. The van der Waals surface area contributed by atoms with E-state index in [1.165, 1.54) is 25.7 Å². The summed E-state index contributed by atoms with van der Waals surface area (Å²) in [5, 5.41) is 3.12. The minimum atomic E-state index is -0.551. The highest BCUT2D eigenvalue weighted by Gasteiger charge is 2.57. The Morgan fingerprint density at radius 3 is 2.19 bits per heavy atom. The zero-order valence-corrected chi connectivity index (χ0v) is 12.9. The largest absolute Gasteiger partial charge is 0.340 e. The minimum absolute atomic E-state index is 0.102. The molecule has 4 nitrogen and oxygen atoms in total. The van der Waals surface area contributed by atoms with Crippen molar-refractivity contribution in [3.05, 3.63) is 0 Å². The van der Waals surface area contributed by atoms with Crippen molar-refractivity contribution in [1.82, 2.24) is 10.2 Å². The van der Waals surface area contributed by atoms with E-state index in [4.69, 9.17) is 0 Å². The summed E-state index contributed by atoms with van der Waals surface area (Å²) >= 11 is 0. The Kier molecular flexibility index (Phi) is 3.05. The Morgan fingerprint density at radius 2 is 1.71 bits per heavy atom. The number of carbonyl (C=O) groups excluding carboxylic acids is 2. The van der Waals surface area contributed by atoms with Crippen molar-refractivity contribution in [3.63, 3.8) is 0 Å². The first kappa shape index (κ1) is 13.6. The van der Waals surface area contributed by atoms with Crippen molar-refractivity contribution in [2.24, 2.45) is 11.8 Å². The van der Waals surface area contributed by atoms with Crippen molar-refractivity contribution in [2.75, 3.05) is 0 Å². The van der Waals surface area contributed by atoms with E-state index < -0.39 is 5.54 Å². The van der Waals surface area contributed by atoms with Crippen LogP contribution >= 0.6 is 0 Å². The number of piperazine rings is 1. The third-order valence-electron chi connectivity index (χ3n) is 6.02. The molecule has 116 valence electrons. The molecular formula is C17H26N2O2. The first-order chi connectivity index (χ1) is 10.2. The molecule has 4 rings (SSSR count). The average Bonchev–Trinajstić information content (AvgIpc) is 3.38. The zero-order valence-electron chi connectivity index (χ0n) is 12.9. The molecule has 2 amide bonds. The van der Waals surface area contributed by atoms with E-state index in [9.17, 15) is 9.59 Å². The highest BCUT2D eigenvalue weighted by atomic mass is 16.2. The summed E-state index contributed by atoms with van der Waals surface area (Å²) in [5.74, 6) is 1.68. The van der Waals surface area contributed by atoms with Crippen molar-refractivity contribution in [2.45, 2.75) is 82.3 Å². The van der Waals surface area contributed by atoms with Crippen LogP contribution in [0.2, 0.25) is 0 Å². The van der Waals surface area contributed by atoms with Gasteiger partial charge in [0.25, 0.3) is 0 Å². The topological polar surface area (TPSA) is 49.4 Å². The molecular weight excluding hydrogens is 264 g/mol. The molecule has 1 heterocycles. The molecule has 0 aromatic heterocycles. The van der Waals surface area contributed by atoms with Crippen molar-refractivity contribution < 1.29 is 9.59 Å². The van der Waals surface area contributed by atoms with E-state index in [1.807, 2.05) is 6.92 Å². The highest BCUT2D eigenvalue weighted by molar-refractivity contribution is 6.00. The first-order valence-electron chi connectivity index (χ1n) is 8.81. The van der Waals surface area contributed by atoms with E-state index in [0.29, 0.717) is 17.9 Å². The number of rotatable bonds is 4. The predicted octanol–water partition coefficient (Wildman–Crippen LogP) is 2.22.